The summed E-state index contributed by atoms with van der Waals surface area (Å²) >= 11 is 1.12. The van der Waals surface area contributed by atoms with Crippen molar-refractivity contribution in [3.8, 4) is 11.5 Å². The summed E-state index contributed by atoms with van der Waals surface area (Å²) in [6, 6.07) is 12.2. The molecule has 0 atom stereocenters. The monoisotopic (exact) mass is 402 g/mol. The van der Waals surface area contributed by atoms with Crippen molar-refractivity contribution in [1.29, 1.82) is 0 Å². The van der Waals surface area contributed by atoms with E-state index in [1.807, 2.05) is 32.0 Å². The average molecular weight is 402 g/mol. The standard InChI is InChI=1S/C20H22N2O5S/c1-20(2)17-13-15(7-10-18(17)22-19(24)26-20)25-12-4-3-11-21-27-28-16-8-5-14(23)6-9-16/h5-11,13,23H,3-4,12H2,1-2H3,(H,22,24). The van der Waals surface area contributed by atoms with Crippen molar-refractivity contribution in [3.63, 3.8) is 0 Å². The lowest BCUT2D eigenvalue weighted by molar-refractivity contribution is 0.0418. The van der Waals surface area contributed by atoms with Crippen molar-refractivity contribution in [2.24, 2.45) is 5.16 Å². The summed E-state index contributed by atoms with van der Waals surface area (Å²) < 4.78 is 16.2. The van der Waals surface area contributed by atoms with Gasteiger partial charge in [-0.2, -0.15) is 0 Å². The van der Waals surface area contributed by atoms with Gasteiger partial charge < -0.3 is 18.9 Å². The Balaban J connectivity index is 1.38. The van der Waals surface area contributed by atoms with E-state index in [0.717, 1.165) is 40.4 Å². The molecule has 2 N–H and O–H groups in total. The number of carbonyl (C=O) groups excluding carboxylic acids is 1. The summed E-state index contributed by atoms with van der Waals surface area (Å²) in [5.74, 6) is 0.940. The van der Waals surface area contributed by atoms with Crippen LogP contribution in [0.2, 0.25) is 0 Å². The SMILES string of the molecule is CC1(C)OC(=O)Nc2ccc(OCCCC=NOSc3ccc(O)cc3)cc21. The summed E-state index contributed by atoms with van der Waals surface area (Å²) in [7, 11) is 0. The van der Waals surface area contributed by atoms with Gasteiger partial charge >= 0.3 is 6.09 Å². The number of ether oxygens (including phenoxy) is 2. The number of phenolic OH excluding ortho intramolecular Hbond substituents is 1. The van der Waals surface area contributed by atoms with E-state index in [1.54, 1.807) is 30.5 Å². The van der Waals surface area contributed by atoms with Gasteiger partial charge in [-0.25, -0.2) is 4.79 Å². The van der Waals surface area contributed by atoms with Gasteiger partial charge in [-0.15, -0.1) is 0 Å². The van der Waals surface area contributed by atoms with Crippen molar-refractivity contribution in [1.82, 2.24) is 0 Å². The summed E-state index contributed by atoms with van der Waals surface area (Å²) in [6.07, 6.45) is 2.74. The molecule has 0 unspecified atom stereocenters. The average Bonchev–Trinajstić information content (AvgIpc) is 2.65. The molecule has 0 aromatic heterocycles. The first-order valence-corrected chi connectivity index (χ1v) is 9.60. The van der Waals surface area contributed by atoms with Crippen LogP contribution in [0.15, 0.2) is 52.5 Å². The van der Waals surface area contributed by atoms with E-state index in [1.165, 1.54) is 0 Å². The Kier molecular flexibility index (Phi) is 6.30. The van der Waals surface area contributed by atoms with Crippen molar-refractivity contribution in [2.75, 3.05) is 11.9 Å². The molecule has 0 saturated heterocycles. The highest BCUT2D eigenvalue weighted by molar-refractivity contribution is 7.94. The van der Waals surface area contributed by atoms with Crippen molar-refractivity contribution in [3.05, 3.63) is 48.0 Å². The maximum atomic E-state index is 11.5. The van der Waals surface area contributed by atoms with Crippen LogP contribution in [0.5, 0.6) is 11.5 Å². The zero-order valence-electron chi connectivity index (χ0n) is 15.7. The van der Waals surface area contributed by atoms with E-state index in [-0.39, 0.29) is 5.75 Å². The second-order valence-electron chi connectivity index (χ2n) is 6.66. The largest absolute Gasteiger partial charge is 0.508 e. The van der Waals surface area contributed by atoms with Crippen LogP contribution in [0, 0.1) is 0 Å². The number of phenols is 1. The molecule has 148 valence electrons. The molecule has 8 heteroatoms. The second kappa shape index (κ2) is 8.88. The summed E-state index contributed by atoms with van der Waals surface area (Å²) in [5, 5.41) is 15.8. The topological polar surface area (TPSA) is 89.4 Å². The molecular formula is C20H22N2O5S. The number of hydrogen-bond donors (Lipinski definition) is 2. The van der Waals surface area contributed by atoms with E-state index in [9.17, 15) is 9.90 Å². The Labute approximate surface area is 167 Å². The number of carbonyl (C=O) groups is 1. The first-order valence-electron chi connectivity index (χ1n) is 8.86. The van der Waals surface area contributed by atoms with Gasteiger partial charge in [0.2, 0.25) is 0 Å². The first kappa shape index (κ1) is 19.9. The second-order valence-corrected chi connectivity index (χ2v) is 7.45. The van der Waals surface area contributed by atoms with Crippen molar-refractivity contribution in [2.45, 2.75) is 37.2 Å². The summed E-state index contributed by atoms with van der Waals surface area (Å²) in [5.41, 5.74) is 0.922. The van der Waals surface area contributed by atoms with E-state index < -0.39 is 11.7 Å². The highest BCUT2D eigenvalue weighted by atomic mass is 32.2. The van der Waals surface area contributed by atoms with Gasteiger partial charge in [0, 0.05) is 11.8 Å². The quantitative estimate of drug-likeness (QED) is 0.278. The van der Waals surface area contributed by atoms with E-state index in [0.29, 0.717) is 13.0 Å². The molecule has 0 fully saturated rings. The molecule has 2 aromatic rings. The van der Waals surface area contributed by atoms with Gasteiger partial charge in [-0.3, -0.25) is 5.32 Å². The number of hydrogen-bond acceptors (Lipinski definition) is 7. The molecule has 3 rings (SSSR count). The number of unbranched alkanes of at least 4 members (excludes halogenated alkanes) is 1. The molecule has 28 heavy (non-hydrogen) atoms. The highest BCUT2D eigenvalue weighted by Gasteiger charge is 2.33. The van der Waals surface area contributed by atoms with Crippen LogP contribution in [0.25, 0.3) is 0 Å². The minimum Gasteiger partial charge on any atom is -0.508 e. The number of nitrogens with zero attached hydrogens (tertiary/aromatic N) is 1. The van der Waals surface area contributed by atoms with Crippen LogP contribution < -0.4 is 10.1 Å². The Hall–Kier alpha value is -2.87. The van der Waals surface area contributed by atoms with Gasteiger partial charge in [-0.05, 0) is 69.2 Å². The van der Waals surface area contributed by atoms with Gasteiger partial charge in [0.15, 0.2) is 0 Å². The third-order valence-corrected chi connectivity index (χ3v) is 4.68. The van der Waals surface area contributed by atoms with E-state index in [2.05, 4.69) is 10.5 Å². The Morgan fingerprint density at radius 2 is 2.04 bits per heavy atom. The normalized spacial score (nSPS) is 14.9. The molecule has 0 spiro atoms. The molecule has 1 heterocycles. The van der Waals surface area contributed by atoms with E-state index >= 15 is 0 Å². The van der Waals surface area contributed by atoms with Crippen LogP contribution in [0.3, 0.4) is 0 Å². The predicted molar refractivity (Wildman–Crippen MR) is 108 cm³/mol. The molecule has 0 saturated carbocycles. The lowest BCUT2D eigenvalue weighted by Gasteiger charge is -2.32. The zero-order chi connectivity index (χ0) is 20.0. The number of fused-ring (bicyclic) bond motifs is 1. The molecule has 0 radical (unpaired) electrons. The molecule has 1 aliphatic heterocycles. The fourth-order valence-electron chi connectivity index (χ4n) is 2.66. The number of aromatic hydroxyl groups is 1. The summed E-state index contributed by atoms with van der Waals surface area (Å²) in [6.45, 7) is 4.23. The maximum Gasteiger partial charge on any atom is 0.412 e. The Morgan fingerprint density at radius 3 is 2.82 bits per heavy atom. The van der Waals surface area contributed by atoms with Crippen LogP contribution in [0.4, 0.5) is 10.5 Å². The number of benzene rings is 2. The van der Waals surface area contributed by atoms with Gasteiger partial charge in [0.25, 0.3) is 0 Å². The molecule has 2 aromatic carbocycles. The zero-order valence-corrected chi connectivity index (χ0v) is 16.5. The van der Waals surface area contributed by atoms with Crippen LogP contribution in [-0.2, 0) is 14.6 Å². The smallest absolute Gasteiger partial charge is 0.412 e. The molecule has 1 amide bonds. The fraction of sp³-hybridized carbons (Fsp3) is 0.300. The first-order chi connectivity index (χ1) is 13.4. The van der Waals surface area contributed by atoms with Gasteiger partial charge in [0.1, 0.15) is 29.1 Å². The minimum absolute atomic E-state index is 0.215. The Bertz CT molecular complexity index is 852. The van der Waals surface area contributed by atoms with Crippen molar-refractivity contribution < 1.29 is 23.7 Å². The third kappa shape index (κ3) is 5.32. The van der Waals surface area contributed by atoms with Gasteiger partial charge in [0.05, 0.1) is 17.2 Å². The maximum absolute atomic E-state index is 11.5. The lowest BCUT2D eigenvalue weighted by Crippen LogP contribution is -2.34. The van der Waals surface area contributed by atoms with Gasteiger partial charge in [-0.1, -0.05) is 5.16 Å². The molecule has 1 aliphatic rings. The number of amides is 1. The molecule has 7 nitrogen and oxygen atoms in total. The molecular weight excluding hydrogens is 380 g/mol. The number of rotatable bonds is 8. The van der Waals surface area contributed by atoms with E-state index in [4.69, 9.17) is 13.8 Å². The summed E-state index contributed by atoms with van der Waals surface area (Å²) in [4.78, 5) is 12.4. The number of nitrogens with one attached hydrogen (secondary N) is 1. The van der Waals surface area contributed by atoms with Crippen LogP contribution >= 0.6 is 12.0 Å². The van der Waals surface area contributed by atoms with Crippen LogP contribution in [-0.4, -0.2) is 24.0 Å². The minimum atomic E-state index is -0.698. The number of anilines is 1. The highest BCUT2D eigenvalue weighted by Crippen LogP contribution is 2.37. The Morgan fingerprint density at radius 1 is 1.25 bits per heavy atom. The lowest BCUT2D eigenvalue weighted by atomic mass is 9.94. The third-order valence-electron chi connectivity index (χ3n) is 4.06. The van der Waals surface area contributed by atoms with Crippen LogP contribution in [0.1, 0.15) is 32.3 Å². The number of oxime groups is 1. The molecule has 0 bridgehead atoms. The number of cyclic esters (lactones) is 1. The molecule has 0 aliphatic carbocycles. The van der Waals surface area contributed by atoms with Crippen molar-refractivity contribution >= 4 is 30.0 Å². The predicted octanol–water partition coefficient (Wildman–Crippen LogP) is 5.06. The fourth-order valence-corrected chi connectivity index (χ4v) is 3.09.